The van der Waals surface area contributed by atoms with Crippen LogP contribution in [0.5, 0.6) is 5.75 Å². The van der Waals surface area contributed by atoms with E-state index in [9.17, 15) is 14.7 Å². The van der Waals surface area contributed by atoms with Crippen LogP contribution >= 0.6 is 11.6 Å². The molecule has 0 saturated heterocycles. The number of aliphatic hydroxyl groups is 1. The number of benzene rings is 1. The molecular weight excluding hydrogens is 476 g/mol. The molecule has 3 heterocycles. The maximum atomic E-state index is 12.8. The Morgan fingerprint density at radius 3 is 2.77 bits per heavy atom. The van der Waals surface area contributed by atoms with E-state index in [1.807, 2.05) is 12.1 Å². The number of anilines is 2. The number of carbonyl (C=O) groups is 1. The molecule has 0 spiro atoms. The first kappa shape index (κ1) is 23.9. The van der Waals surface area contributed by atoms with Gasteiger partial charge in [0.15, 0.2) is 5.72 Å². The van der Waals surface area contributed by atoms with Gasteiger partial charge in [0.2, 0.25) is 5.95 Å². The van der Waals surface area contributed by atoms with Crippen molar-refractivity contribution in [2.24, 2.45) is 0 Å². The van der Waals surface area contributed by atoms with Crippen molar-refractivity contribution in [3.05, 3.63) is 81.5 Å². The molecule has 0 saturated carbocycles. The van der Waals surface area contributed by atoms with Crippen molar-refractivity contribution in [1.29, 1.82) is 0 Å². The number of amides is 1. The van der Waals surface area contributed by atoms with E-state index in [-0.39, 0.29) is 23.9 Å². The van der Waals surface area contributed by atoms with Gasteiger partial charge in [-0.25, -0.2) is 9.78 Å². The molecule has 180 valence electrons. The van der Waals surface area contributed by atoms with Crippen LogP contribution in [0.4, 0.5) is 16.6 Å². The Labute approximate surface area is 204 Å². The average Bonchev–Trinajstić information content (AvgIpc) is 2.83. The maximum absolute atomic E-state index is 12.8. The van der Waals surface area contributed by atoms with Crippen LogP contribution in [0, 0.1) is 0 Å². The quantitative estimate of drug-likeness (QED) is 0.282. The fraction of sp³-hybridized carbons (Fsp3) is 0.174. The summed E-state index contributed by atoms with van der Waals surface area (Å²) in [5, 5.41) is 17.0. The number of hydrogen-bond donors (Lipinski definition) is 4. The van der Waals surface area contributed by atoms with Gasteiger partial charge >= 0.3 is 6.09 Å². The summed E-state index contributed by atoms with van der Waals surface area (Å²) in [6, 6.07) is 11.7. The van der Waals surface area contributed by atoms with Gasteiger partial charge in [0.25, 0.3) is 5.56 Å². The van der Waals surface area contributed by atoms with E-state index in [0.29, 0.717) is 21.7 Å². The Morgan fingerprint density at radius 2 is 2.03 bits per heavy atom. The van der Waals surface area contributed by atoms with Crippen molar-refractivity contribution in [3.8, 4) is 5.75 Å². The van der Waals surface area contributed by atoms with Crippen molar-refractivity contribution < 1.29 is 19.4 Å². The van der Waals surface area contributed by atoms with Crippen molar-refractivity contribution >= 4 is 40.4 Å². The van der Waals surface area contributed by atoms with Crippen molar-refractivity contribution in [3.63, 3.8) is 0 Å². The molecule has 0 aliphatic rings. The molecule has 35 heavy (non-hydrogen) atoms. The summed E-state index contributed by atoms with van der Waals surface area (Å²) in [5.74, 6) is 0.490. The first-order valence-corrected chi connectivity index (χ1v) is 10.7. The SMILES string of the molecule is COC(=O)Nc1ccnc(N[C@@](C)(O)c2cc3cc(Cl)c(OCc4ccccn4)cc3[nH]c2=O)n1. The largest absolute Gasteiger partial charge is 0.486 e. The molecular formula is C23H21ClN6O5. The summed E-state index contributed by atoms with van der Waals surface area (Å²) in [6.07, 6.45) is 2.32. The number of pyridine rings is 2. The Hall–Kier alpha value is -4.22. The van der Waals surface area contributed by atoms with Gasteiger partial charge in [0.1, 0.15) is 18.2 Å². The standard InChI is InChI=1S/C23H21ClN6O5/c1-23(33,30-21-26-8-6-19(28-21)29-22(32)34-2)15-9-13-10-16(24)18(11-17(13)27-20(15)31)35-12-14-5-3-4-7-25-14/h3-11,33H,12H2,1-2H3,(H,27,31)(H2,26,28,29,30,32)/t23-/m0/s1. The molecule has 0 unspecified atom stereocenters. The molecule has 0 bridgehead atoms. The molecule has 0 fully saturated rings. The molecule has 1 atom stereocenters. The maximum Gasteiger partial charge on any atom is 0.412 e. The van der Waals surface area contributed by atoms with Crippen molar-refractivity contribution in [1.82, 2.24) is 19.9 Å². The molecule has 0 aliphatic carbocycles. The minimum Gasteiger partial charge on any atom is -0.486 e. The Morgan fingerprint density at radius 1 is 1.20 bits per heavy atom. The number of aromatic amines is 1. The lowest BCUT2D eigenvalue weighted by atomic mass is 10.0. The number of aromatic nitrogens is 4. The predicted molar refractivity (Wildman–Crippen MR) is 129 cm³/mol. The fourth-order valence-corrected chi connectivity index (χ4v) is 3.47. The number of nitrogens with one attached hydrogen (secondary N) is 3. The van der Waals surface area contributed by atoms with Crippen LogP contribution in [0.1, 0.15) is 18.2 Å². The summed E-state index contributed by atoms with van der Waals surface area (Å²) in [7, 11) is 1.22. The molecule has 3 aromatic heterocycles. The lowest BCUT2D eigenvalue weighted by molar-refractivity contribution is 0.0864. The van der Waals surface area contributed by atoms with Crippen LogP contribution in [0.3, 0.4) is 0 Å². The summed E-state index contributed by atoms with van der Waals surface area (Å²) in [5.41, 5.74) is -1.22. The second-order valence-electron chi connectivity index (χ2n) is 7.57. The van der Waals surface area contributed by atoms with Crippen LogP contribution in [0.2, 0.25) is 5.02 Å². The number of carbonyl (C=O) groups excluding carboxylic acids is 1. The molecule has 12 heteroatoms. The number of methoxy groups -OCH3 is 1. The van der Waals surface area contributed by atoms with Gasteiger partial charge in [-0.2, -0.15) is 4.98 Å². The molecule has 1 aromatic carbocycles. The highest BCUT2D eigenvalue weighted by atomic mass is 35.5. The van der Waals surface area contributed by atoms with E-state index in [1.54, 1.807) is 24.4 Å². The smallest absolute Gasteiger partial charge is 0.412 e. The first-order valence-electron chi connectivity index (χ1n) is 10.3. The third-order valence-corrected chi connectivity index (χ3v) is 5.24. The highest BCUT2D eigenvalue weighted by Crippen LogP contribution is 2.31. The first-order chi connectivity index (χ1) is 16.7. The molecule has 0 radical (unpaired) electrons. The van der Waals surface area contributed by atoms with Crippen LogP contribution < -0.4 is 20.9 Å². The highest BCUT2D eigenvalue weighted by molar-refractivity contribution is 6.32. The van der Waals surface area contributed by atoms with Crippen LogP contribution in [0.25, 0.3) is 10.9 Å². The van der Waals surface area contributed by atoms with E-state index in [2.05, 4.69) is 35.3 Å². The topological polar surface area (TPSA) is 151 Å². The molecule has 0 aliphatic heterocycles. The zero-order valence-electron chi connectivity index (χ0n) is 18.7. The molecule has 1 amide bonds. The van der Waals surface area contributed by atoms with E-state index in [0.717, 1.165) is 5.69 Å². The summed E-state index contributed by atoms with van der Waals surface area (Å²) in [6.45, 7) is 1.58. The Kier molecular flexibility index (Phi) is 6.80. The number of H-pyrrole nitrogens is 1. The predicted octanol–water partition coefficient (Wildman–Crippen LogP) is 3.40. The third-order valence-electron chi connectivity index (χ3n) is 4.95. The van der Waals surface area contributed by atoms with E-state index >= 15 is 0 Å². The van der Waals surface area contributed by atoms with Crippen molar-refractivity contribution in [2.45, 2.75) is 19.3 Å². The van der Waals surface area contributed by atoms with Gasteiger partial charge in [-0.05, 0) is 37.3 Å². The number of halogens is 1. The lowest BCUT2D eigenvalue weighted by Crippen LogP contribution is -2.37. The minimum atomic E-state index is -1.87. The van der Waals surface area contributed by atoms with Crippen LogP contribution in [0.15, 0.2) is 59.7 Å². The highest BCUT2D eigenvalue weighted by Gasteiger charge is 2.28. The fourth-order valence-electron chi connectivity index (χ4n) is 3.24. The number of rotatable bonds is 7. The van der Waals surface area contributed by atoms with Gasteiger partial charge in [-0.3, -0.25) is 15.1 Å². The van der Waals surface area contributed by atoms with Gasteiger partial charge < -0.3 is 24.9 Å². The van der Waals surface area contributed by atoms with Gasteiger partial charge in [0.05, 0.1) is 28.9 Å². The molecule has 4 aromatic rings. The third kappa shape index (κ3) is 5.65. The van der Waals surface area contributed by atoms with Crippen LogP contribution in [-0.4, -0.2) is 38.2 Å². The van der Waals surface area contributed by atoms with E-state index in [4.69, 9.17) is 16.3 Å². The number of ether oxygens (including phenoxy) is 2. The molecule has 4 N–H and O–H groups in total. The summed E-state index contributed by atoms with van der Waals surface area (Å²) >= 11 is 6.40. The summed E-state index contributed by atoms with van der Waals surface area (Å²) < 4.78 is 10.3. The number of hydrogen-bond acceptors (Lipinski definition) is 9. The molecule has 4 rings (SSSR count). The van der Waals surface area contributed by atoms with Gasteiger partial charge in [-0.15, -0.1) is 0 Å². The minimum absolute atomic E-state index is 0.00171. The Bertz CT molecular complexity index is 1430. The number of fused-ring (bicyclic) bond motifs is 1. The summed E-state index contributed by atoms with van der Waals surface area (Å²) in [4.78, 5) is 39.3. The normalized spacial score (nSPS) is 12.6. The van der Waals surface area contributed by atoms with Crippen LogP contribution in [-0.2, 0) is 17.1 Å². The van der Waals surface area contributed by atoms with E-state index < -0.39 is 17.4 Å². The van der Waals surface area contributed by atoms with Gasteiger partial charge in [-0.1, -0.05) is 17.7 Å². The van der Waals surface area contributed by atoms with Crippen molar-refractivity contribution in [2.75, 3.05) is 17.7 Å². The zero-order chi connectivity index (χ0) is 25.0. The monoisotopic (exact) mass is 496 g/mol. The second-order valence-corrected chi connectivity index (χ2v) is 7.98. The zero-order valence-corrected chi connectivity index (χ0v) is 19.5. The number of nitrogens with zero attached hydrogens (tertiary/aromatic N) is 3. The second kappa shape index (κ2) is 9.95. The lowest BCUT2D eigenvalue weighted by Gasteiger charge is -2.25. The molecule has 11 nitrogen and oxygen atoms in total. The van der Waals surface area contributed by atoms with Gasteiger partial charge in [0, 0.05) is 23.8 Å². The Balaban J connectivity index is 1.59. The average molecular weight is 497 g/mol. The van der Waals surface area contributed by atoms with E-state index in [1.165, 1.54) is 32.4 Å².